The Morgan fingerprint density at radius 1 is 1.50 bits per heavy atom. The average Bonchev–Trinajstić information content (AvgIpc) is 2.90. The number of hydrogen-bond acceptors (Lipinski definition) is 3. The molecule has 98 valence electrons. The van der Waals surface area contributed by atoms with Gasteiger partial charge in [-0.15, -0.1) is 11.8 Å². The molecule has 1 aromatic rings. The fourth-order valence-corrected chi connectivity index (χ4v) is 2.82. The lowest BCUT2D eigenvalue weighted by molar-refractivity contribution is -0.120. The highest BCUT2D eigenvalue weighted by Gasteiger charge is 2.20. The van der Waals surface area contributed by atoms with E-state index in [1.807, 2.05) is 25.1 Å². The predicted molar refractivity (Wildman–Crippen MR) is 76.6 cm³/mol. The summed E-state index contributed by atoms with van der Waals surface area (Å²) in [4.78, 5) is 12.0. The zero-order valence-corrected chi connectivity index (χ0v) is 11.5. The summed E-state index contributed by atoms with van der Waals surface area (Å²) in [7, 11) is 0. The third kappa shape index (κ3) is 4.03. The van der Waals surface area contributed by atoms with Gasteiger partial charge in [0.05, 0.1) is 5.25 Å². The summed E-state index contributed by atoms with van der Waals surface area (Å²) >= 11 is 1.69. The molecule has 0 aliphatic carbocycles. The Kier molecular flexibility index (Phi) is 5.08. The van der Waals surface area contributed by atoms with Crippen LogP contribution in [0.5, 0.6) is 0 Å². The van der Waals surface area contributed by atoms with Gasteiger partial charge in [-0.1, -0.05) is 30.3 Å². The highest BCUT2D eigenvalue weighted by molar-refractivity contribution is 7.99. The monoisotopic (exact) mass is 264 g/mol. The van der Waals surface area contributed by atoms with Gasteiger partial charge in [0, 0.05) is 18.3 Å². The highest BCUT2D eigenvalue weighted by Crippen LogP contribution is 2.17. The van der Waals surface area contributed by atoms with Gasteiger partial charge in [-0.3, -0.25) is 4.79 Å². The Morgan fingerprint density at radius 2 is 2.28 bits per heavy atom. The summed E-state index contributed by atoms with van der Waals surface area (Å²) in [5.74, 6) is 1.04. The molecule has 2 unspecified atom stereocenters. The largest absolute Gasteiger partial charge is 0.351 e. The standard InChI is InChI=1S/C14H20N2OS/c1-11(14(17)16-13-7-8-15-9-13)18-10-12-5-3-2-4-6-12/h2-6,11,13,15H,7-10H2,1H3,(H,16,17). The number of carbonyl (C=O) groups is 1. The number of nitrogens with one attached hydrogen (secondary N) is 2. The number of rotatable bonds is 5. The van der Waals surface area contributed by atoms with Crippen LogP contribution in [0, 0.1) is 0 Å². The van der Waals surface area contributed by atoms with Crippen LogP contribution >= 0.6 is 11.8 Å². The minimum atomic E-state index is 0.00538. The van der Waals surface area contributed by atoms with Crippen LogP contribution in [-0.4, -0.2) is 30.3 Å². The molecule has 0 radical (unpaired) electrons. The maximum atomic E-state index is 12.0. The van der Waals surface area contributed by atoms with Crippen LogP contribution in [0.1, 0.15) is 18.9 Å². The normalized spacial score (nSPS) is 20.6. The molecule has 4 heteroatoms. The summed E-state index contributed by atoms with van der Waals surface area (Å²) in [6, 6.07) is 10.6. The number of carbonyl (C=O) groups excluding carboxylic acids is 1. The van der Waals surface area contributed by atoms with E-state index in [-0.39, 0.29) is 11.2 Å². The SMILES string of the molecule is CC(SCc1ccccc1)C(=O)NC1CCNC1. The first-order valence-electron chi connectivity index (χ1n) is 6.42. The molecule has 2 N–H and O–H groups in total. The second kappa shape index (κ2) is 6.81. The van der Waals surface area contributed by atoms with Gasteiger partial charge in [-0.2, -0.15) is 0 Å². The van der Waals surface area contributed by atoms with Crippen LogP contribution in [0.25, 0.3) is 0 Å². The molecule has 1 aliphatic rings. The van der Waals surface area contributed by atoms with E-state index in [9.17, 15) is 4.79 Å². The van der Waals surface area contributed by atoms with Crippen LogP contribution in [-0.2, 0) is 10.5 Å². The molecule has 0 bridgehead atoms. The van der Waals surface area contributed by atoms with E-state index < -0.39 is 0 Å². The lowest BCUT2D eigenvalue weighted by atomic mass is 10.2. The minimum Gasteiger partial charge on any atom is -0.351 e. The highest BCUT2D eigenvalue weighted by atomic mass is 32.2. The summed E-state index contributed by atoms with van der Waals surface area (Å²) in [6.45, 7) is 3.89. The van der Waals surface area contributed by atoms with Crippen molar-refractivity contribution in [3.8, 4) is 0 Å². The second-order valence-corrected chi connectivity index (χ2v) is 5.97. The molecule has 0 saturated carbocycles. The van der Waals surface area contributed by atoms with Gasteiger partial charge in [0.15, 0.2) is 0 Å². The van der Waals surface area contributed by atoms with Gasteiger partial charge in [0.2, 0.25) is 5.91 Å². The van der Waals surface area contributed by atoms with E-state index in [0.717, 1.165) is 25.3 Å². The number of benzene rings is 1. The fourth-order valence-electron chi connectivity index (χ4n) is 1.97. The van der Waals surface area contributed by atoms with Crippen molar-refractivity contribution in [2.24, 2.45) is 0 Å². The second-order valence-electron chi connectivity index (χ2n) is 4.64. The average molecular weight is 264 g/mol. The van der Waals surface area contributed by atoms with Crippen LogP contribution < -0.4 is 10.6 Å². The Bertz CT molecular complexity index is 377. The summed E-state index contributed by atoms with van der Waals surface area (Å²) in [6.07, 6.45) is 1.04. The van der Waals surface area contributed by atoms with Crippen molar-refractivity contribution < 1.29 is 4.79 Å². The van der Waals surface area contributed by atoms with E-state index in [2.05, 4.69) is 22.8 Å². The van der Waals surface area contributed by atoms with Crippen molar-refractivity contribution in [2.75, 3.05) is 13.1 Å². The first-order valence-corrected chi connectivity index (χ1v) is 7.47. The topological polar surface area (TPSA) is 41.1 Å². The molecular formula is C14H20N2OS. The first-order chi connectivity index (χ1) is 8.75. The summed E-state index contributed by atoms with van der Waals surface area (Å²) < 4.78 is 0. The smallest absolute Gasteiger partial charge is 0.233 e. The van der Waals surface area contributed by atoms with Crippen molar-refractivity contribution >= 4 is 17.7 Å². The van der Waals surface area contributed by atoms with Crippen LogP contribution in [0.15, 0.2) is 30.3 Å². The van der Waals surface area contributed by atoms with Gasteiger partial charge < -0.3 is 10.6 Å². The summed E-state index contributed by atoms with van der Waals surface area (Å²) in [5.41, 5.74) is 1.27. The Hall–Kier alpha value is -1.00. The first kappa shape index (κ1) is 13.4. The van der Waals surface area contributed by atoms with E-state index in [0.29, 0.717) is 6.04 Å². The molecule has 1 heterocycles. The van der Waals surface area contributed by atoms with Gasteiger partial charge in [0.1, 0.15) is 0 Å². The van der Waals surface area contributed by atoms with Crippen molar-refractivity contribution in [3.63, 3.8) is 0 Å². The number of hydrogen-bond donors (Lipinski definition) is 2. The van der Waals surface area contributed by atoms with Crippen molar-refractivity contribution in [3.05, 3.63) is 35.9 Å². The number of thioether (sulfide) groups is 1. The summed E-state index contributed by atoms with van der Waals surface area (Å²) in [5, 5.41) is 6.35. The number of amides is 1. The molecule has 2 atom stereocenters. The van der Waals surface area contributed by atoms with Crippen molar-refractivity contribution in [1.29, 1.82) is 0 Å². The van der Waals surface area contributed by atoms with E-state index >= 15 is 0 Å². The Labute approximate surface area is 113 Å². The molecule has 1 fully saturated rings. The minimum absolute atomic E-state index is 0.00538. The molecule has 3 nitrogen and oxygen atoms in total. The van der Waals surface area contributed by atoms with Gasteiger partial charge in [-0.05, 0) is 25.5 Å². The van der Waals surface area contributed by atoms with Crippen LogP contribution in [0.3, 0.4) is 0 Å². The zero-order valence-electron chi connectivity index (χ0n) is 10.7. The molecule has 0 aromatic heterocycles. The zero-order chi connectivity index (χ0) is 12.8. The van der Waals surface area contributed by atoms with E-state index in [4.69, 9.17) is 0 Å². The lowest BCUT2D eigenvalue weighted by Gasteiger charge is -2.15. The predicted octanol–water partition coefficient (Wildman–Crippen LogP) is 1.79. The Balaban J connectivity index is 1.73. The van der Waals surface area contributed by atoms with Gasteiger partial charge in [0.25, 0.3) is 0 Å². The third-order valence-electron chi connectivity index (χ3n) is 3.12. The Morgan fingerprint density at radius 3 is 2.94 bits per heavy atom. The maximum Gasteiger partial charge on any atom is 0.233 e. The van der Waals surface area contributed by atoms with Gasteiger partial charge in [-0.25, -0.2) is 0 Å². The quantitative estimate of drug-likeness (QED) is 0.852. The maximum absolute atomic E-state index is 12.0. The van der Waals surface area contributed by atoms with Crippen LogP contribution in [0.2, 0.25) is 0 Å². The molecular weight excluding hydrogens is 244 g/mol. The fraction of sp³-hybridized carbons (Fsp3) is 0.500. The van der Waals surface area contributed by atoms with E-state index in [1.165, 1.54) is 5.56 Å². The van der Waals surface area contributed by atoms with Gasteiger partial charge >= 0.3 is 0 Å². The molecule has 1 saturated heterocycles. The molecule has 0 spiro atoms. The van der Waals surface area contributed by atoms with E-state index in [1.54, 1.807) is 11.8 Å². The van der Waals surface area contributed by atoms with Crippen LogP contribution in [0.4, 0.5) is 0 Å². The third-order valence-corrected chi connectivity index (χ3v) is 4.33. The molecule has 18 heavy (non-hydrogen) atoms. The molecule has 1 aliphatic heterocycles. The lowest BCUT2D eigenvalue weighted by Crippen LogP contribution is -2.40. The molecule has 1 aromatic carbocycles. The van der Waals surface area contributed by atoms with Crippen molar-refractivity contribution in [1.82, 2.24) is 10.6 Å². The molecule has 2 rings (SSSR count). The van der Waals surface area contributed by atoms with Crippen molar-refractivity contribution in [2.45, 2.75) is 30.4 Å². The molecule has 1 amide bonds.